The third kappa shape index (κ3) is 11.5. The third-order valence-corrected chi connectivity index (χ3v) is 3.79. The van der Waals surface area contributed by atoms with Gasteiger partial charge in [0.25, 0.3) is 5.97 Å². The standard InChI is InChI=1S/C14H29NO5Si2/c1-8-18-15-12(14(17)20-22(5,6)7)10-9-11-13(16)19-21(2,3)4/h8-11H2,1-7H3/b15-12-. The number of hydrogen-bond donors (Lipinski definition) is 0. The second-order valence-corrected chi connectivity index (χ2v) is 15.8. The van der Waals surface area contributed by atoms with Crippen LogP contribution in [0.4, 0.5) is 0 Å². The van der Waals surface area contributed by atoms with Crippen LogP contribution in [0.5, 0.6) is 0 Å². The van der Waals surface area contributed by atoms with Gasteiger partial charge in [0.2, 0.25) is 16.6 Å². The van der Waals surface area contributed by atoms with Gasteiger partial charge >= 0.3 is 5.97 Å². The zero-order valence-electron chi connectivity index (χ0n) is 14.8. The van der Waals surface area contributed by atoms with Crippen LogP contribution < -0.4 is 0 Å². The van der Waals surface area contributed by atoms with Gasteiger partial charge < -0.3 is 13.7 Å². The molecule has 0 saturated heterocycles. The van der Waals surface area contributed by atoms with Gasteiger partial charge in [-0.05, 0) is 52.6 Å². The van der Waals surface area contributed by atoms with Gasteiger partial charge in [0, 0.05) is 12.8 Å². The topological polar surface area (TPSA) is 74.2 Å². The molecule has 6 nitrogen and oxygen atoms in total. The zero-order chi connectivity index (χ0) is 17.4. The van der Waals surface area contributed by atoms with Crippen LogP contribution >= 0.6 is 0 Å². The molecular formula is C14H29NO5Si2. The molecule has 0 unspecified atom stereocenters. The first-order valence-electron chi connectivity index (χ1n) is 7.58. The van der Waals surface area contributed by atoms with E-state index >= 15 is 0 Å². The van der Waals surface area contributed by atoms with Gasteiger partial charge in [-0.2, -0.15) is 0 Å². The first kappa shape index (κ1) is 20.8. The van der Waals surface area contributed by atoms with Crippen molar-refractivity contribution in [3.05, 3.63) is 0 Å². The van der Waals surface area contributed by atoms with Gasteiger partial charge in [0.05, 0.1) is 0 Å². The number of hydrogen-bond acceptors (Lipinski definition) is 6. The molecule has 128 valence electrons. The van der Waals surface area contributed by atoms with E-state index in [1.807, 2.05) is 39.3 Å². The van der Waals surface area contributed by atoms with E-state index in [2.05, 4.69) is 5.16 Å². The largest absolute Gasteiger partial charge is 0.520 e. The molecule has 8 heteroatoms. The molecule has 0 aliphatic heterocycles. The minimum atomic E-state index is -1.99. The Morgan fingerprint density at radius 2 is 1.45 bits per heavy atom. The number of carbonyl (C=O) groups excluding carboxylic acids is 2. The van der Waals surface area contributed by atoms with Crippen LogP contribution in [0.25, 0.3) is 0 Å². The smallest absolute Gasteiger partial charge is 0.342 e. The summed E-state index contributed by atoms with van der Waals surface area (Å²) in [5.74, 6) is -0.681. The first-order chi connectivity index (χ1) is 9.94. The maximum Gasteiger partial charge on any atom is 0.342 e. The predicted molar refractivity (Wildman–Crippen MR) is 91.8 cm³/mol. The second-order valence-electron chi connectivity index (χ2n) is 6.90. The molecule has 0 aromatic heterocycles. The van der Waals surface area contributed by atoms with Crippen molar-refractivity contribution in [2.75, 3.05) is 6.61 Å². The summed E-state index contributed by atoms with van der Waals surface area (Å²) < 4.78 is 10.8. The van der Waals surface area contributed by atoms with Crippen LogP contribution in [0.15, 0.2) is 5.16 Å². The Morgan fingerprint density at radius 3 is 1.91 bits per heavy atom. The van der Waals surface area contributed by atoms with Crippen molar-refractivity contribution >= 4 is 34.3 Å². The molecule has 22 heavy (non-hydrogen) atoms. The number of oxime groups is 1. The predicted octanol–water partition coefficient (Wildman–Crippen LogP) is 3.31. The van der Waals surface area contributed by atoms with E-state index in [4.69, 9.17) is 13.7 Å². The number of nitrogens with zero attached hydrogens (tertiary/aromatic N) is 1. The van der Waals surface area contributed by atoms with E-state index < -0.39 is 22.6 Å². The van der Waals surface area contributed by atoms with E-state index in [0.717, 1.165) is 0 Å². The molecule has 0 spiro atoms. The first-order valence-corrected chi connectivity index (χ1v) is 14.4. The van der Waals surface area contributed by atoms with Gasteiger partial charge in [0.1, 0.15) is 6.61 Å². The van der Waals surface area contributed by atoms with Gasteiger partial charge in [-0.15, -0.1) is 0 Å². The lowest BCUT2D eigenvalue weighted by atomic mass is 10.2. The highest BCUT2D eigenvalue weighted by Crippen LogP contribution is 2.10. The average molecular weight is 348 g/mol. The van der Waals surface area contributed by atoms with Crippen LogP contribution in [0.3, 0.4) is 0 Å². The zero-order valence-corrected chi connectivity index (χ0v) is 16.8. The molecule has 0 radical (unpaired) electrons. The molecule has 0 aromatic rings. The SMILES string of the molecule is CCO/N=C(/CCCC(=O)O[Si](C)(C)C)C(=O)O[Si](C)(C)C. The Bertz CT molecular complexity index is 410. The summed E-state index contributed by atoms with van der Waals surface area (Å²) in [7, 11) is -3.85. The molecule has 0 atom stereocenters. The Balaban J connectivity index is 4.50. The lowest BCUT2D eigenvalue weighted by Gasteiger charge is -2.18. The van der Waals surface area contributed by atoms with Crippen LogP contribution in [-0.2, 0) is 23.3 Å². The fourth-order valence-electron chi connectivity index (χ4n) is 1.46. The highest BCUT2D eigenvalue weighted by atomic mass is 28.4. The average Bonchev–Trinajstić information content (AvgIpc) is 2.28. The summed E-state index contributed by atoms with van der Waals surface area (Å²) in [5.41, 5.74) is 0.227. The summed E-state index contributed by atoms with van der Waals surface area (Å²) in [6.45, 7) is 13.8. The maximum atomic E-state index is 12.1. The van der Waals surface area contributed by atoms with E-state index in [1.54, 1.807) is 6.92 Å². The molecule has 0 heterocycles. The highest BCUT2D eigenvalue weighted by Gasteiger charge is 2.25. The minimum absolute atomic E-state index is 0.227. The van der Waals surface area contributed by atoms with Gasteiger partial charge in [-0.25, -0.2) is 4.79 Å². The lowest BCUT2D eigenvalue weighted by molar-refractivity contribution is -0.135. The van der Waals surface area contributed by atoms with Gasteiger partial charge in [-0.1, -0.05) is 5.16 Å². The van der Waals surface area contributed by atoms with Crippen LogP contribution in [0.1, 0.15) is 26.2 Å². The Morgan fingerprint density at radius 1 is 0.909 bits per heavy atom. The Kier molecular flexibility index (Phi) is 8.61. The van der Waals surface area contributed by atoms with Crippen molar-refractivity contribution in [2.24, 2.45) is 5.16 Å². The molecule has 0 rings (SSSR count). The van der Waals surface area contributed by atoms with Crippen molar-refractivity contribution in [2.45, 2.75) is 65.5 Å². The summed E-state index contributed by atoms with van der Waals surface area (Å²) in [4.78, 5) is 28.7. The van der Waals surface area contributed by atoms with Gasteiger partial charge in [0.15, 0.2) is 5.71 Å². The monoisotopic (exact) mass is 347 g/mol. The number of carbonyl (C=O) groups is 2. The molecule has 0 bridgehead atoms. The normalized spacial score (nSPS) is 12.8. The molecular weight excluding hydrogens is 318 g/mol. The Labute approximate surface area is 135 Å². The molecule has 0 saturated carbocycles. The van der Waals surface area contributed by atoms with E-state index in [1.165, 1.54) is 0 Å². The van der Waals surface area contributed by atoms with Crippen molar-refractivity contribution in [1.29, 1.82) is 0 Å². The number of rotatable bonds is 9. The quantitative estimate of drug-likeness (QED) is 0.363. The summed E-state index contributed by atoms with van der Waals surface area (Å²) >= 11 is 0. The maximum absolute atomic E-state index is 12.1. The summed E-state index contributed by atoms with van der Waals surface area (Å²) in [5, 5.41) is 3.82. The van der Waals surface area contributed by atoms with Crippen molar-refractivity contribution in [1.82, 2.24) is 0 Å². The summed E-state index contributed by atoms with van der Waals surface area (Å²) in [6, 6.07) is 0. The highest BCUT2D eigenvalue weighted by molar-refractivity contribution is 6.72. The van der Waals surface area contributed by atoms with Crippen LogP contribution in [0.2, 0.25) is 39.3 Å². The summed E-state index contributed by atoms with van der Waals surface area (Å²) in [6.07, 6.45) is 1.08. The minimum Gasteiger partial charge on any atom is -0.520 e. The van der Waals surface area contributed by atoms with E-state index in [9.17, 15) is 9.59 Å². The van der Waals surface area contributed by atoms with Crippen LogP contribution in [0, 0.1) is 0 Å². The van der Waals surface area contributed by atoms with Crippen molar-refractivity contribution < 1.29 is 23.3 Å². The molecule has 0 amide bonds. The van der Waals surface area contributed by atoms with Gasteiger partial charge in [-0.3, -0.25) is 4.79 Å². The van der Waals surface area contributed by atoms with E-state index in [0.29, 0.717) is 19.4 Å². The lowest BCUT2D eigenvalue weighted by Crippen LogP contribution is -2.33. The molecule has 0 fully saturated rings. The second kappa shape index (κ2) is 9.09. The third-order valence-electron chi connectivity index (χ3n) is 2.15. The molecule has 0 aliphatic carbocycles. The van der Waals surface area contributed by atoms with Crippen molar-refractivity contribution in [3.8, 4) is 0 Å². The van der Waals surface area contributed by atoms with Crippen LogP contribution in [-0.4, -0.2) is 40.9 Å². The molecule has 0 aliphatic rings. The van der Waals surface area contributed by atoms with E-state index in [-0.39, 0.29) is 18.1 Å². The molecule has 0 N–H and O–H groups in total. The fraction of sp³-hybridized carbons (Fsp3) is 0.786. The fourth-order valence-corrected chi connectivity index (χ4v) is 2.92. The van der Waals surface area contributed by atoms with Crippen molar-refractivity contribution in [3.63, 3.8) is 0 Å². The Hall–Kier alpha value is -1.16. The molecule has 0 aromatic carbocycles.